The first-order valence-electron chi connectivity index (χ1n) is 5.66. The van der Waals surface area contributed by atoms with Crippen molar-refractivity contribution in [3.8, 4) is 0 Å². The van der Waals surface area contributed by atoms with Crippen LogP contribution in [0.15, 0.2) is 23.5 Å². The van der Waals surface area contributed by atoms with Crippen molar-refractivity contribution in [3.05, 3.63) is 34.6 Å². The lowest BCUT2D eigenvalue weighted by Crippen LogP contribution is -2.38. The van der Waals surface area contributed by atoms with Crippen molar-refractivity contribution in [2.24, 2.45) is 0 Å². The van der Waals surface area contributed by atoms with E-state index in [0.717, 1.165) is 0 Å². The van der Waals surface area contributed by atoms with Gasteiger partial charge in [0, 0.05) is 19.3 Å². The average molecular weight is 334 g/mol. The Labute approximate surface area is 125 Å². The summed E-state index contributed by atoms with van der Waals surface area (Å²) in [6, 6.07) is 1.30. The van der Waals surface area contributed by atoms with Crippen LogP contribution < -0.4 is 0 Å². The molecule has 0 aromatic carbocycles. The van der Waals surface area contributed by atoms with Gasteiger partial charge in [0.05, 0.1) is 11.6 Å². The lowest BCUT2D eigenvalue weighted by molar-refractivity contribution is 0.335. The van der Waals surface area contributed by atoms with Crippen LogP contribution in [0, 0.1) is 0 Å². The summed E-state index contributed by atoms with van der Waals surface area (Å²) in [7, 11) is -3.68. The topological polar surface area (TPSA) is 81.0 Å². The average Bonchev–Trinajstić information content (AvgIpc) is 2.89. The Kier molecular flexibility index (Phi) is 3.41. The van der Waals surface area contributed by atoms with Crippen molar-refractivity contribution in [1.29, 1.82) is 0 Å². The van der Waals surface area contributed by atoms with Crippen molar-refractivity contribution in [2.75, 3.05) is 6.54 Å². The molecule has 0 N–H and O–H groups in total. The number of fused-ring (bicyclic) bond motifs is 1. The standard InChI is InChI=1S/C10H9Cl2N5O2S/c11-8-3-7(4-13-10(8)12)20(18,19)17-2-1-16-6-14-15-9(16)5-17/h3-4,6H,1-2,5H2. The molecule has 0 radical (unpaired) electrons. The van der Waals surface area contributed by atoms with Gasteiger partial charge in [0.1, 0.15) is 22.2 Å². The molecule has 1 aliphatic rings. The molecule has 1 aliphatic heterocycles. The van der Waals surface area contributed by atoms with Crippen LogP contribution in [0.5, 0.6) is 0 Å². The maximum atomic E-state index is 12.5. The van der Waals surface area contributed by atoms with Crippen LogP contribution in [0.2, 0.25) is 10.2 Å². The number of pyridine rings is 1. The van der Waals surface area contributed by atoms with Crippen molar-refractivity contribution in [3.63, 3.8) is 0 Å². The van der Waals surface area contributed by atoms with E-state index in [9.17, 15) is 8.42 Å². The van der Waals surface area contributed by atoms with Gasteiger partial charge in [-0.05, 0) is 6.07 Å². The minimum atomic E-state index is -3.68. The highest BCUT2D eigenvalue weighted by Crippen LogP contribution is 2.25. The fourth-order valence-electron chi connectivity index (χ4n) is 1.94. The van der Waals surface area contributed by atoms with Crippen molar-refractivity contribution < 1.29 is 8.42 Å². The van der Waals surface area contributed by atoms with Gasteiger partial charge >= 0.3 is 0 Å². The summed E-state index contributed by atoms with van der Waals surface area (Å²) in [5.41, 5.74) is 0. The third-order valence-electron chi connectivity index (χ3n) is 3.01. The Bertz CT molecular complexity index is 761. The Balaban J connectivity index is 1.95. The second-order valence-corrected chi connectivity index (χ2v) is 6.93. The quantitative estimate of drug-likeness (QED) is 0.771. The molecular formula is C10H9Cl2N5O2S. The molecule has 0 amide bonds. The van der Waals surface area contributed by atoms with E-state index in [4.69, 9.17) is 23.2 Å². The minimum Gasteiger partial charge on any atom is -0.315 e. The lowest BCUT2D eigenvalue weighted by Gasteiger charge is -2.26. The van der Waals surface area contributed by atoms with Crippen LogP contribution in [0.3, 0.4) is 0 Å². The minimum absolute atomic E-state index is 0.0138. The number of hydrogen-bond acceptors (Lipinski definition) is 5. The van der Waals surface area contributed by atoms with Crippen molar-refractivity contribution in [2.45, 2.75) is 18.0 Å². The van der Waals surface area contributed by atoms with Crippen LogP contribution in [0.25, 0.3) is 0 Å². The summed E-state index contributed by atoms with van der Waals surface area (Å²) in [6.07, 6.45) is 2.78. The molecule has 2 aromatic heterocycles. The fraction of sp³-hybridized carbons (Fsp3) is 0.300. The molecule has 0 fully saturated rings. The Morgan fingerprint density at radius 1 is 1.25 bits per heavy atom. The van der Waals surface area contributed by atoms with Crippen LogP contribution in [-0.4, -0.2) is 39.0 Å². The van der Waals surface area contributed by atoms with Crippen LogP contribution in [0.4, 0.5) is 0 Å². The maximum absolute atomic E-state index is 12.5. The first kappa shape index (κ1) is 13.7. The SMILES string of the molecule is O=S(=O)(c1cnc(Cl)c(Cl)c1)N1CCn2cnnc2C1. The molecule has 0 unspecified atom stereocenters. The van der Waals surface area contributed by atoms with E-state index in [0.29, 0.717) is 18.9 Å². The molecule has 106 valence electrons. The number of rotatable bonds is 2. The van der Waals surface area contributed by atoms with Gasteiger partial charge in [0.15, 0.2) is 0 Å². The molecule has 0 spiro atoms. The number of halogens is 2. The van der Waals surface area contributed by atoms with E-state index in [2.05, 4.69) is 15.2 Å². The first-order chi connectivity index (χ1) is 9.48. The fourth-order valence-corrected chi connectivity index (χ4v) is 3.64. The highest BCUT2D eigenvalue weighted by Gasteiger charge is 2.30. The molecular weight excluding hydrogens is 325 g/mol. The Morgan fingerprint density at radius 2 is 2.05 bits per heavy atom. The van der Waals surface area contributed by atoms with Gasteiger partial charge in [-0.1, -0.05) is 23.2 Å². The van der Waals surface area contributed by atoms with Gasteiger partial charge in [-0.2, -0.15) is 4.31 Å². The lowest BCUT2D eigenvalue weighted by atomic mass is 10.4. The normalized spacial score (nSPS) is 16.1. The van der Waals surface area contributed by atoms with Crippen LogP contribution in [0.1, 0.15) is 5.82 Å². The van der Waals surface area contributed by atoms with E-state index in [1.54, 1.807) is 6.33 Å². The monoisotopic (exact) mass is 333 g/mol. The molecule has 3 rings (SSSR count). The summed E-state index contributed by atoms with van der Waals surface area (Å²) in [6.45, 7) is 1.02. The molecule has 2 aromatic rings. The molecule has 0 aliphatic carbocycles. The zero-order chi connectivity index (χ0) is 14.3. The number of aromatic nitrogens is 4. The predicted molar refractivity (Wildman–Crippen MR) is 71.9 cm³/mol. The van der Waals surface area contributed by atoms with E-state index in [1.165, 1.54) is 16.6 Å². The molecule has 0 saturated carbocycles. The maximum Gasteiger partial charge on any atom is 0.245 e. The highest BCUT2D eigenvalue weighted by atomic mass is 35.5. The van der Waals surface area contributed by atoms with E-state index >= 15 is 0 Å². The second-order valence-electron chi connectivity index (χ2n) is 4.22. The molecule has 20 heavy (non-hydrogen) atoms. The van der Waals surface area contributed by atoms with Crippen LogP contribution >= 0.6 is 23.2 Å². The zero-order valence-electron chi connectivity index (χ0n) is 10.1. The van der Waals surface area contributed by atoms with Crippen molar-refractivity contribution >= 4 is 33.2 Å². The van der Waals surface area contributed by atoms with Gasteiger partial charge in [0.2, 0.25) is 10.0 Å². The molecule has 0 bridgehead atoms. The predicted octanol–water partition coefficient (Wildman–Crippen LogP) is 1.18. The zero-order valence-corrected chi connectivity index (χ0v) is 12.4. The summed E-state index contributed by atoms with van der Waals surface area (Å²) >= 11 is 11.5. The smallest absolute Gasteiger partial charge is 0.245 e. The van der Waals surface area contributed by atoms with Gasteiger partial charge in [-0.25, -0.2) is 13.4 Å². The van der Waals surface area contributed by atoms with E-state index < -0.39 is 10.0 Å². The van der Waals surface area contributed by atoms with E-state index in [1.807, 2.05) is 4.57 Å². The molecule has 0 saturated heterocycles. The van der Waals surface area contributed by atoms with Crippen molar-refractivity contribution in [1.82, 2.24) is 24.1 Å². The van der Waals surface area contributed by atoms with Gasteiger partial charge in [-0.15, -0.1) is 10.2 Å². The summed E-state index contributed by atoms with van der Waals surface area (Å²) < 4.78 is 28.2. The van der Waals surface area contributed by atoms with Crippen LogP contribution in [-0.2, 0) is 23.1 Å². The third-order valence-corrected chi connectivity index (χ3v) is 5.51. The number of hydrogen-bond donors (Lipinski definition) is 0. The second kappa shape index (κ2) is 4.96. The molecule has 3 heterocycles. The molecule has 0 atom stereocenters. The third kappa shape index (κ3) is 2.28. The largest absolute Gasteiger partial charge is 0.315 e. The first-order valence-corrected chi connectivity index (χ1v) is 7.86. The van der Waals surface area contributed by atoms with Gasteiger partial charge in [-0.3, -0.25) is 0 Å². The molecule has 10 heteroatoms. The summed E-state index contributed by atoms with van der Waals surface area (Å²) in [5.74, 6) is 0.604. The van der Waals surface area contributed by atoms with E-state index in [-0.39, 0.29) is 21.6 Å². The summed E-state index contributed by atoms with van der Waals surface area (Å²) in [4.78, 5) is 3.78. The molecule has 7 nitrogen and oxygen atoms in total. The Morgan fingerprint density at radius 3 is 2.80 bits per heavy atom. The number of sulfonamides is 1. The summed E-state index contributed by atoms with van der Waals surface area (Å²) in [5, 5.41) is 7.83. The van der Waals surface area contributed by atoms with Gasteiger partial charge in [0.25, 0.3) is 0 Å². The highest BCUT2D eigenvalue weighted by molar-refractivity contribution is 7.89. The van der Waals surface area contributed by atoms with Gasteiger partial charge < -0.3 is 4.57 Å². The Hall–Kier alpha value is -1.22. The number of nitrogens with zero attached hydrogens (tertiary/aromatic N) is 5.